The van der Waals surface area contributed by atoms with Crippen LogP contribution in [0.1, 0.15) is 13.8 Å². The Kier molecular flexibility index (Phi) is 3.55. The molecule has 1 aromatic carbocycles. The summed E-state index contributed by atoms with van der Waals surface area (Å²) < 4.78 is 5.57. The number of benzene rings is 1. The van der Waals surface area contributed by atoms with Gasteiger partial charge < -0.3 is 10.5 Å². The standard InChI is InChI=1S/C11H16N2O2/c1-8(2)15-10-7-5-4-6-9(10)13(3)11(12)14/h4-8H,1-3H3,(H2,12,14). The van der Waals surface area contributed by atoms with Crippen LogP contribution in [0.15, 0.2) is 24.3 Å². The van der Waals surface area contributed by atoms with Gasteiger partial charge in [-0.3, -0.25) is 4.90 Å². The van der Waals surface area contributed by atoms with Crippen LogP contribution in [-0.2, 0) is 0 Å². The summed E-state index contributed by atoms with van der Waals surface area (Å²) in [4.78, 5) is 12.4. The average Bonchev–Trinajstić information content (AvgIpc) is 2.16. The van der Waals surface area contributed by atoms with Crippen molar-refractivity contribution in [3.05, 3.63) is 24.3 Å². The predicted molar refractivity (Wildman–Crippen MR) is 60.2 cm³/mol. The zero-order valence-corrected chi connectivity index (χ0v) is 9.23. The molecule has 0 aliphatic heterocycles. The molecule has 1 rings (SSSR count). The quantitative estimate of drug-likeness (QED) is 0.825. The summed E-state index contributed by atoms with van der Waals surface area (Å²) in [7, 11) is 1.62. The van der Waals surface area contributed by atoms with E-state index in [1.807, 2.05) is 32.0 Å². The van der Waals surface area contributed by atoms with E-state index >= 15 is 0 Å². The number of ether oxygens (including phenoxy) is 1. The van der Waals surface area contributed by atoms with Gasteiger partial charge in [-0.25, -0.2) is 4.79 Å². The summed E-state index contributed by atoms with van der Waals surface area (Å²) in [5, 5.41) is 0. The highest BCUT2D eigenvalue weighted by molar-refractivity contribution is 5.91. The largest absolute Gasteiger partial charge is 0.489 e. The zero-order chi connectivity index (χ0) is 11.4. The van der Waals surface area contributed by atoms with Crippen molar-refractivity contribution in [2.24, 2.45) is 5.73 Å². The van der Waals surface area contributed by atoms with Gasteiger partial charge in [-0.2, -0.15) is 0 Å². The van der Waals surface area contributed by atoms with E-state index < -0.39 is 6.03 Å². The lowest BCUT2D eigenvalue weighted by Gasteiger charge is -2.19. The van der Waals surface area contributed by atoms with Crippen LogP contribution in [0.2, 0.25) is 0 Å². The molecule has 4 nitrogen and oxygen atoms in total. The number of hydrogen-bond acceptors (Lipinski definition) is 2. The Bertz CT molecular complexity index is 350. The number of para-hydroxylation sites is 2. The second-order valence-electron chi connectivity index (χ2n) is 3.53. The number of hydrogen-bond donors (Lipinski definition) is 1. The van der Waals surface area contributed by atoms with Gasteiger partial charge in [-0.1, -0.05) is 12.1 Å². The number of carbonyl (C=O) groups is 1. The van der Waals surface area contributed by atoms with Crippen LogP contribution in [0, 0.1) is 0 Å². The molecule has 0 fully saturated rings. The molecule has 0 aromatic heterocycles. The molecule has 4 heteroatoms. The summed E-state index contributed by atoms with van der Waals surface area (Å²) in [5.74, 6) is 0.661. The van der Waals surface area contributed by atoms with Gasteiger partial charge in [0.15, 0.2) is 0 Å². The van der Waals surface area contributed by atoms with E-state index in [0.717, 1.165) is 0 Å². The number of anilines is 1. The molecule has 0 aliphatic rings. The molecule has 0 radical (unpaired) electrons. The van der Waals surface area contributed by atoms with Crippen molar-refractivity contribution in [3.63, 3.8) is 0 Å². The molecule has 0 aliphatic carbocycles. The molecule has 15 heavy (non-hydrogen) atoms. The lowest BCUT2D eigenvalue weighted by atomic mass is 10.2. The SMILES string of the molecule is CC(C)Oc1ccccc1N(C)C(N)=O. The van der Waals surface area contributed by atoms with Crippen molar-refractivity contribution >= 4 is 11.7 Å². The summed E-state index contributed by atoms with van der Waals surface area (Å²) in [6.45, 7) is 3.86. The minimum atomic E-state index is -0.505. The molecule has 1 aromatic rings. The van der Waals surface area contributed by atoms with Gasteiger partial charge >= 0.3 is 6.03 Å². The molecule has 0 heterocycles. The van der Waals surface area contributed by atoms with Gasteiger partial charge in [0.1, 0.15) is 5.75 Å². The zero-order valence-electron chi connectivity index (χ0n) is 9.23. The Hall–Kier alpha value is -1.71. The van der Waals surface area contributed by atoms with Crippen LogP contribution in [-0.4, -0.2) is 19.2 Å². The minimum Gasteiger partial charge on any atom is -0.489 e. The maximum Gasteiger partial charge on any atom is 0.319 e. The Morgan fingerprint density at radius 1 is 1.40 bits per heavy atom. The van der Waals surface area contributed by atoms with Crippen LogP contribution in [0.4, 0.5) is 10.5 Å². The van der Waals surface area contributed by atoms with E-state index in [0.29, 0.717) is 11.4 Å². The number of amides is 2. The second-order valence-corrected chi connectivity index (χ2v) is 3.53. The molecule has 0 spiro atoms. The van der Waals surface area contributed by atoms with Gasteiger partial charge in [0.25, 0.3) is 0 Å². The number of carbonyl (C=O) groups excluding carboxylic acids is 1. The maximum absolute atomic E-state index is 11.0. The summed E-state index contributed by atoms with van der Waals surface area (Å²) in [5.41, 5.74) is 5.88. The Balaban J connectivity index is 3.00. The third-order valence-corrected chi connectivity index (χ3v) is 1.92. The number of nitrogens with two attached hydrogens (primary N) is 1. The monoisotopic (exact) mass is 208 g/mol. The average molecular weight is 208 g/mol. The minimum absolute atomic E-state index is 0.0624. The summed E-state index contributed by atoms with van der Waals surface area (Å²) >= 11 is 0. The van der Waals surface area contributed by atoms with Crippen molar-refractivity contribution in [3.8, 4) is 5.75 Å². The fraction of sp³-hybridized carbons (Fsp3) is 0.364. The van der Waals surface area contributed by atoms with Gasteiger partial charge in [-0.15, -0.1) is 0 Å². The molecule has 2 amide bonds. The molecule has 82 valence electrons. The first-order valence-corrected chi connectivity index (χ1v) is 4.81. The number of urea groups is 1. The first-order valence-electron chi connectivity index (χ1n) is 4.81. The van der Waals surface area contributed by atoms with Crippen LogP contribution in [0.5, 0.6) is 5.75 Å². The van der Waals surface area contributed by atoms with Gasteiger partial charge in [0.05, 0.1) is 11.8 Å². The van der Waals surface area contributed by atoms with Crippen LogP contribution >= 0.6 is 0 Å². The highest BCUT2D eigenvalue weighted by atomic mass is 16.5. The fourth-order valence-electron chi connectivity index (χ4n) is 1.21. The lowest BCUT2D eigenvalue weighted by molar-refractivity contribution is 0.241. The third-order valence-electron chi connectivity index (χ3n) is 1.92. The van der Waals surface area contributed by atoms with Crippen molar-refractivity contribution in [1.82, 2.24) is 0 Å². The molecule has 0 unspecified atom stereocenters. The van der Waals surface area contributed by atoms with Crippen molar-refractivity contribution < 1.29 is 9.53 Å². The molecule has 0 saturated heterocycles. The first-order chi connectivity index (χ1) is 7.02. The van der Waals surface area contributed by atoms with Crippen LogP contribution in [0.25, 0.3) is 0 Å². The predicted octanol–water partition coefficient (Wildman–Crippen LogP) is 1.99. The smallest absolute Gasteiger partial charge is 0.319 e. The van der Waals surface area contributed by atoms with E-state index in [1.54, 1.807) is 13.1 Å². The molecule has 2 N–H and O–H groups in total. The summed E-state index contributed by atoms with van der Waals surface area (Å²) in [6.07, 6.45) is 0.0624. The van der Waals surface area contributed by atoms with Gasteiger partial charge in [0.2, 0.25) is 0 Å². The van der Waals surface area contributed by atoms with E-state index in [-0.39, 0.29) is 6.10 Å². The number of nitrogens with zero attached hydrogens (tertiary/aromatic N) is 1. The molecular formula is C11H16N2O2. The Morgan fingerprint density at radius 2 is 2.00 bits per heavy atom. The highest BCUT2D eigenvalue weighted by Gasteiger charge is 2.12. The van der Waals surface area contributed by atoms with E-state index in [1.165, 1.54) is 4.90 Å². The molecular weight excluding hydrogens is 192 g/mol. The fourth-order valence-corrected chi connectivity index (χ4v) is 1.21. The van der Waals surface area contributed by atoms with Gasteiger partial charge in [-0.05, 0) is 26.0 Å². The second kappa shape index (κ2) is 4.68. The van der Waals surface area contributed by atoms with Gasteiger partial charge in [0, 0.05) is 7.05 Å². The first kappa shape index (κ1) is 11.4. The normalized spacial score (nSPS) is 10.1. The molecule has 0 bridgehead atoms. The highest BCUT2D eigenvalue weighted by Crippen LogP contribution is 2.27. The van der Waals surface area contributed by atoms with Crippen LogP contribution in [0.3, 0.4) is 0 Å². The van der Waals surface area contributed by atoms with Crippen molar-refractivity contribution in [1.29, 1.82) is 0 Å². The van der Waals surface area contributed by atoms with Crippen LogP contribution < -0.4 is 15.4 Å². The van der Waals surface area contributed by atoms with Crippen molar-refractivity contribution in [2.45, 2.75) is 20.0 Å². The van der Waals surface area contributed by atoms with E-state index in [2.05, 4.69) is 0 Å². The van der Waals surface area contributed by atoms with E-state index in [4.69, 9.17) is 10.5 Å². The van der Waals surface area contributed by atoms with Crippen molar-refractivity contribution in [2.75, 3.05) is 11.9 Å². The number of rotatable bonds is 3. The van der Waals surface area contributed by atoms with E-state index in [9.17, 15) is 4.79 Å². The number of primary amides is 1. The Labute approximate surface area is 89.6 Å². The third kappa shape index (κ3) is 2.87. The molecule has 0 saturated carbocycles. The topological polar surface area (TPSA) is 55.6 Å². The Morgan fingerprint density at radius 3 is 2.53 bits per heavy atom. The molecule has 0 atom stereocenters. The lowest BCUT2D eigenvalue weighted by Crippen LogP contribution is -2.32. The summed E-state index contributed by atoms with van der Waals surface area (Å²) in [6, 6.07) is 6.80. The maximum atomic E-state index is 11.0.